The lowest BCUT2D eigenvalue weighted by Crippen LogP contribution is -2.60. The van der Waals surface area contributed by atoms with Gasteiger partial charge in [0.2, 0.25) is 0 Å². The summed E-state index contributed by atoms with van der Waals surface area (Å²) in [6, 6.07) is 15.2. The number of likely N-dealkylation sites (N-methyl/N-ethyl adjacent to an activating group) is 1. The summed E-state index contributed by atoms with van der Waals surface area (Å²) >= 11 is 0. The highest BCUT2D eigenvalue weighted by Gasteiger charge is 2.35. The Hall–Kier alpha value is -5.02. The number of benzene rings is 2. The second-order valence-corrected chi connectivity index (χ2v) is 9.12. The van der Waals surface area contributed by atoms with Gasteiger partial charge in [-0.05, 0) is 55.0 Å². The van der Waals surface area contributed by atoms with E-state index in [0.717, 1.165) is 5.56 Å². The maximum absolute atomic E-state index is 14.8. The number of aromatic nitrogens is 3. The molecule has 8 nitrogen and oxygen atoms in total. The van der Waals surface area contributed by atoms with E-state index in [1.54, 1.807) is 54.4 Å². The van der Waals surface area contributed by atoms with Gasteiger partial charge in [-0.3, -0.25) is 9.59 Å². The van der Waals surface area contributed by atoms with Crippen LogP contribution in [0.15, 0.2) is 59.5 Å². The molecule has 2 aromatic heterocycles. The fraction of sp³-hybridized carbons (Fsp3) is 0.207. The molecule has 0 aliphatic carbocycles. The maximum atomic E-state index is 14.8. The average molecular weight is 507 g/mol. The van der Waals surface area contributed by atoms with Gasteiger partial charge in [0.25, 0.3) is 11.5 Å². The number of carbonyl (C=O) groups is 1. The monoisotopic (exact) mass is 506 g/mol. The van der Waals surface area contributed by atoms with Crippen LogP contribution in [0.2, 0.25) is 0 Å². The number of rotatable bonds is 5. The molecular formula is C29H23FN6O2. The van der Waals surface area contributed by atoms with Gasteiger partial charge >= 0.3 is 0 Å². The molecule has 0 spiro atoms. The molecule has 1 amide bonds. The summed E-state index contributed by atoms with van der Waals surface area (Å²) in [5, 5.41) is 17.0. The summed E-state index contributed by atoms with van der Waals surface area (Å²) in [5.74, 6) is 5.48. The van der Waals surface area contributed by atoms with Crippen LogP contribution in [0.3, 0.4) is 0 Å². The van der Waals surface area contributed by atoms with Crippen molar-refractivity contribution in [1.82, 2.24) is 20.1 Å². The fourth-order valence-electron chi connectivity index (χ4n) is 4.52. The number of aromatic amines is 1. The van der Waals surface area contributed by atoms with E-state index in [1.807, 2.05) is 18.0 Å². The Labute approximate surface area is 218 Å². The SMILES string of the molecule is CC#Cc1ccc2c(=O)[nH]nc(Cc3ccc(F)c(C(=O)N4CC(N(C)c5cc(C#N)ccn5)C4)c3)c2c1. The first-order valence-electron chi connectivity index (χ1n) is 12.0. The summed E-state index contributed by atoms with van der Waals surface area (Å²) in [7, 11) is 1.86. The topological polar surface area (TPSA) is 106 Å². The Morgan fingerprint density at radius 3 is 2.74 bits per heavy atom. The number of nitrogens with zero attached hydrogens (tertiary/aromatic N) is 5. The van der Waals surface area contributed by atoms with E-state index in [9.17, 15) is 14.0 Å². The molecule has 0 unspecified atom stereocenters. The lowest BCUT2D eigenvalue weighted by atomic mass is 9.99. The highest BCUT2D eigenvalue weighted by Crippen LogP contribution is 2.24. The van der Waals surface area contributed by atoms with Crippen molar-refractivity contribution in [3.8, 4) is 17.9 Å². The standard InChI is InChI=1S/C29H23FN6O2/c1-3-4-18-5-7-22-23(11-18)26(33-34-28(22)37)13-19-6-8-25(30)24(12-19)29(38)36-16-21(17-36)35(2)27-14-20(15-31)9-10-32-27/h5-12,14,21H,13,16-17H2,1-2H3,(H,34,37). The maximum Gasteiger partial charge on any atom is 0.272 e. The lowest BCUT2D eigenvalue weighted by molar-refractivity contribution is 0.0598. The van der Waals surface area contributed by atoms with Crippen molar-refractivity contribution in [2.45, 2.75) is 19.4 Å². The van der Waals surface area contributed by atoms with Crippen LogP contribution in [-0.4, -0.2) is 52.2 Å². The molecule has 9 heteroatoms. The highest BCUT2D eigenvalue weighted by atomic mass is 19.1. The molecule has 1 fully saturated rings. The molecule has 2 aromatic carbocycles. The van der Waals surface area contributed by atoms with Gasteiger partial charge in [-0.2, -0.15) is 10.4 Å². The van der Waals surface area contributed by atoms with Gasteiger partial charge in [-0.1, -0.05) is 12.0 Å². The van der Waals surface area contributed by atoms with Crippen LogP contribution >= 0.6 is 0 Å². The van der Waals surface area contributed by atoms with Crippen LogP contribution in [0.5, 0.6) is 0 Å². The number of halogens is 1. The molecule has 188 valence electrons. The second kappa shape index (κ2) is 10.2. The molecule has 38 heavy (non-hydrogen) atoms. The van der Waals surface area contributed by atoms with Crippen molar-refractivity contribution in [2.75, 3.05) is 25.0 Å². The van der Waals surface area contributed by atoms with Gasteiger partial charge in [-0.25, -0.2) is 14.5 Å². The summed E-state index contributed by atoms with van der Waals surface area (Å²) in [6.07, 6.45) is 1.87. The van der Waals surface area contributed by atoms with E-state index in [1.165, 1.54) is 6.07 Å². The number of hydrogen-bond acceptors (Lipinski definition) is 6. The number of pyridine rings is 1. The van der Waals surface area contributed by atoms with E-state index in [0.29, 0.717) is 52.9 Å². The second-order valence-electron chi connectivity index (χ2n) is 9.12. The molecule has 1 N–H and O–H groups in total. The number of nitriles is 1. The molecule has 3 heterocycles. The van der Waals surface area contributed by atoms with Crippen LogP contribution in [-0.2, 0) is 6.42 Å². The number of anilines is 1. The van der Waals surface area contributed by atoms with Crippen LogP contribution < -0.4 is 10.5 Å². The zero-order chi connectivity index (χ0) is 26.8. The number of amides is 1. The van der Waals surface area contributed by atoms with Crippen LogP contribution in [0.1, 0.15) is 39.7 Å². The molecule has 1 aliphatic heterocycles. The normalized spacial score (nSPS) is 12.8. The zero-order valence-electron chi connectivity index (χ0n) is 20.8. The number of hydrogen-bond donors (Lipinski definition) is 1. The van der Waals surface area contributed by atoms with E-state index < -0.39 is 11.7 Å². The third-order valence-electron chi connectivity index (χ3n) is 6.70. The Bertz CT molecular complexity index is 1720. The molecule has 4 aromatic rings. The van der Waals surface area contributed by atoms with E-state index in [2.05, 4.69) is 33.1 Å². The first kappa shape index (κ1) is 24.7. The highest BCUT2D eigenvalue weighted by molar-refractivity contribution is 5.95. The third kappa shape index (κ3) is 4.70. The summed E-state index contributed by atoms with van der Waals surface area (Å²) < 4.78 is 14.8. The molecule has 1 saturated heterocycles. The van der Waals surface area contributed by atoms with Gasteiger partial charge in [0.05, 0.1) is 34.3 Å². The van der Waals surface area contributed by atoms with Crippen molar-refractivity contribution in [2.24, 2.45) is 0 Å². The largest absolute Gasteiger partial charge is 0.353 e. The van der Waals surface area contributed by atoms with Crippen molar-refractivity contribution < 1.29 is 9.18 Å². The molecule has 5 rings (SSSR count). The Morgan fingerprint density at radius 2 is 1.97 bits per heavy atom. The first-order chi connectivity index (χ1) is 18.4. The molecular weight excluding hydrogens is 483 g/mol. The zero-order valence-corrected chi connectivity index (χ0v) is 20.8. The van der Waals surface area contributed by atoms with E-state index in [-0.39, 0.29) is 17.2 Å². The fourth-order valence-corrected chi connectivity index (χ4v) is 4.52. The number of likely N-dealkylation sites (tertiary alicyclic amines) is 1. The predicted octanol–water partition coefficient (Wildman–Crippen LogP) is 3.25. The van der Waals surface area contributed by atoms with Crippen molar-refractivity contribution >= 4 is 22.5 Å². The first-order valence-corrected chi connectivity index (χ1v) is 12.0. The minimum absolute atomic E-state index is 0.00348. The average Bonchev–Trinajstić information content (AvgIpc) is 2.90. The Morgan fingerprint density at radius 1 is 1.16 bits per heavy atom. The molecule has 0 saturated carbocycles. The number of carbonyl (C=O) groups excluding carboxylic acids is 1. The van der Waals surface area contributed by atoms with Crippen molar-refractivity contribution in [3.63, 3.8) is 0 Å². The van der Waals surface area contributed by atoms with Gasteiger partial charge in [0.1, 0.15) is 11.6 Å². The predicted molar refractivity (Wildman–Crippen MR) is 141 cm³/mol. The summed E-state index contributed by atoms with van der Waals surface area (Å²) in [6.45, 7) is 2.55. The smallest absolute Gasteiger partial charge is 0.272 e. The van der Waals surface area contributed by atoms with E-state index in [4.69, 9.17) is 5.26 Å². The summed E-state index contributed by atoms with van der Waals surface area (Å²) in [5.41, 5.74) is 2.24. The minimum Gasteiger partial charge on any atom is -0.353 e. The van der Waals surface area contributed by atoms with E-state index >= 15 is 0 Å². The van der Waals surface area contributed by atoms with Gasteiger partial charge in [0.15, 0.2) is 0 Å². The van der Waals surface area contributed by atoms with Gasteiger partial charge in [0, 0.05) is 43.7 Å². The number of fused-ring (bicyclic) bond motifs is 1. The van der Waals surface area contributed by atoms with Gasteiger partial charge in [-0.15, -0.1) is 5.92 Å². The summed E-state index contributed by atoms with van der Waals surface area (Å²) in [4.78, 5) is 33.2. The molecule has 0 atom stereocenters. The van der Waals surface area contributed by atoms with Crippen LogP contribution in [0, 0.1) is 29.0 Å². The van der Waals surface area contributed by atoms with Crippen LogP contribution in [0.25, 0.3) is 10.8 Å². The molecule has 0 bridgehead atoms. The lowest BCUT2D eigenvalue weighted by Gasteiger charge is -2.44. The number of nitrogens with one attached hydrogen (secondary N) is 1. The van der Waals surface area contributed by atoms with Crippen molar-refractivity contribution in [3.05, 3.63) is 98.8 Å². The van der Waals surface area contributed by atoms with Crippen LogP contribution in [0.4, 0.5) is 10.2 Å². The number of H-pyrrole nitrogens is 1. The third-order valence-corrected chi connectivity index (χ3v) is 6.70. The van der Waals surface area contributed by atoms with Gasteiger partial charge < -0.3 is 9.80 Å². The minimum atomic E-state index is -0.598. The molecule has 0 radical (unpaired) electrons. The molecule has 1 aliphatic rings. The quantitative estimate of drug-likeness (QED) is 0.417. The van der Waals surface area contributed by atoms with Crippen molar-refractivity contribution in [1.29, 1.82) is 5.26 Å². The Kier molecular flexibility index (Phi) is 6.59. The Balaban J connectivity index is 1.35.